The van der Waals surface area contributed by atoms with Crippen molar-refractivity contribution in [2.45, 2.75) is 25.9 Å². The van der Waals surface area contributed by atoms with Crippen LogP contribution in [-0.2, 0) is 11.0 Å². The number of rotatable bonds is 5. The Labute approximate surface area is 186 Å². The van der Waals surface area contributed by atoms with Gasteiger partial charge in [-0.2, -0.15) is 13.2 Å². The van der Waals surface area contributed by atoms with Gasteiger partial charge in [0.15, 0.2) is 0 Å². The van der Waals surface area contributed by atoms with E-state index in [4.69, 9.17) is 11.5 Å². The molecule has 0 unspecified atom stereocenters. The van der Waals surface area contributed by atoms with E-state index in [1.165, 1.54) is 29.7 Å². The number of carbonyl (C=O) groups is 2. The number of primary amides is 1. The molecule has 0 radical (unpaired) electrons. The Kier molecular flexibility index (Phi) is 6.30. The van der Waals surface area contributed by atoms with Gasteiger partial charge in [-0.3, -0.25) is 19.0 Å². The number of carbonyl (C=O) groups excluding carboxylic acids is 2. The van der Waals surface area contributed by atoms with Crippen LogP contribution in [0.25, 0.3) is 5.69 Å². The largest absolute Gasteiger partial charge is 0.416 e. The van der Waals surface area contributed by atoms with Gasteiger partial charge in [0, 0.05) is 36.0 Å². The van der Waals surface area contributed by atoms with Crippen molar-refractivity contribution >= 4 is 23.2 Å². The van der Waals surface area contributed by atoms with Gasteiger partial charge in [-0.1, -0.05) is 13.0 Å². The van der Waals surface area contributed by atoms with Crippen molar-refractivity contribution in [1.29, 1.82) is 0 Å². The van der Waals surface area contributed by atoms with Crippen molar-refractivity contribution in [2.24, 2.45) is 5.73 Å². The summed E-state index contributed by atoms with van der Waals surface area (Å²) < 4.78 is 41.3. The molecule has 172 valence electrons. The SMILES string of the molecule is CC(=O)Nc1cccc(-n2c([C@H](C)c3cc(N)cc(C(F)(F)F)c3)c(C(N)=O)ccc2=O)c1. The number of pyridine rings is 1. The summed E-state index contributed by atoms with van der Waals surface area (Å²) in [5, 5.41) is 2.60. The molecule has 0 aliphatic carbocycles. The van der Waals surface area contributed by atoms with E-state index >= 15 is 0 Å². The monoisotopic (exact) mass is 458 g/mol. The molecular weight excluding hydrogens is 437 g/mol. The lowest BCUT2D eigenvalue weighted by atomic mass is 9.91. The van der Waals surface area contributed by atoms with Gasteiger partial charge in [-0.15, -0.1) is 0 Å². The summed E-state index contributed by atoms with van der Waals surface area (Å²) in [6, 6.07) is 11.7. The molecule has 0 aliphatic heterocycles. The summed E-state index contributed by atoms with van der Waals surface area (Å²) in [5.41, 5.74) is 10.5. The number of benzene rings is 2. The minimum atomic E-state index is -4.64. The molecule has 0 saturated carbocycles. The van der Waals surface area contributed by atoms with Crippen LogP contribution in [0.5, 0.6) is 0 Å². The standard InChI is InChI=1S/C23H21F3N4O3/c1-12(14-8-15(23(24,25)26)10-16(27)9-14)21-19(22(28)33)6-7-20(32)30(21)18-5-3-4-17(11-18)29-13(2)31/h3-12H,27H2,1-2H3,(H2,28,33)(H,29,31)/t12-/m1/s1. The zero-order valence-electron chi connectivity index (χ0n) is 17.7. The maximum atomic E-state index is 13.4. The minimum absolute atomic E-state index is 0.0389. The number of alkyl halides is 3. The highest BCUT2D eigenvalue weighted by Gasteiger charge is 2.32. The number of nitrogens with one attached hydrogen (secondary N) is 1. The lowest BCUT2D eigenvalue weighted by molar-refractivity contribution is -0.137. The number of halogens is 3. The summed E-state index contributed by atoms with van der Waals surface area (Å²) >= 11 is 0. The van der Waals surface area contributed by atoms with Gasteiger partial charge in [0.25, 0.3) is 11.5 Å². The van der Waals surface area contributed by atoms with Crippen LogP contribution in [0.4, 0.5) is 24.5 Å². The first-order valence-corrected chi connectivity index (χ1v) is 9.80. The van der Waals surface area contributed by atoms with Crippen LogP contribution in [0.1, 0.15) is 46.9 Å². The number of hydrogen-bond donors (Lipinski definition) is 3. The second-order valence-electron chi connectivity index (χ2n) is 7.51. The quantitative estimate of drug-likeness (QED) is 0.506. The van der Waals surface area contributed by atoms with Crippen LogP contribution in [0.3, 0.4) is 0 Å². The van der Waals surface area contributed by atoms with E-state index in [0.29, 0.717) is 5.69 Å². The fraction of sp³-hybridized carbons (Fsp3) is 0.174. The Bertz CT molecular complexity index is 1300. The van der Waals surface area contributed by atoms with Crippen molar-refractivity contribution in [3.05, 3.63) is 87.3 Å². The third kappa shape index (κ3) is 5.05. The van der Waals surface area contributed by atoms with E-state index < -0.39 is 29.1 Å². The van der Waals surface area contributed by atoms with E-state index in [9.17, 15) is 27.6 Å². The van der Waals surface area contributed by atoms with Crippen LogP contribution in [0, 0.1) is 0 Å². The van der Waals surface area contributed by atoms with Gasteiger partial charge in [0.05, 0.1) is 16.8 Å². The third-order valence-electron chi connectivity index (χ3n) is 5.04. The Morgan fingerprint density at radius 3 is 2.36 bits per heavy atom. The highest BCUT2D eigenvalue weighted by Crippen LogP contribution is 2.35. The Morgan fingerprint density at radius 1 is 1.06 bits per heavy atom. The average molecular weight is 458 g/mol. The number of hydrogen-bond acceptors (Lipinski definition) is 4. The van der Waals surface area contributed by atoms with Crippen LogP contribution < -0.4 is 22.3 Å². The van der Waals surface area contributed by atoms with Crippen molar-refractivity contribution in [2.75, 3.05) is 11.1 Å². The predicted octanol–water partition coefficient (Wildman–Crippen LogP) is 3.65. The van der Waals surface area contributed by atoms with Gasteiger partial charge in [-0.25, -0.2) is 0 Å². The molecule has 0 spiro atoms. The molecule has 0 bridgehead atoms. The van der Waals surface area contributed by atoms with Gasteiger partial charge in [-0.05, 0) is 48.0 Å². The van der Waals surface area contributed by atoms with E-state index in [2.05, 4.69) is 5.32 Å². The summed E-state index contributed by atoms with van der Waals surface area (Å²) in [5.74, 6) is -2.07. The number of nitrogen functional groups attached to an aromatic ring is 1. The molecule has 5 N–H and O–H groups in total. The summed E-state index contributed by atoms with van der Waals surface area (Å²) in [4.78, 5) is 36.5. The smallest absolute Gasteiger partial charge is 0.399 e. The van der Waals surface area contributed by atoms with Crippen LogP contribution >= 0.6 is 0 Å². The van der Waals surface area contributed by atoms with Crippen LogP contribution in [0.2, 0.25) is 0 Å². The molecular formula is C23H21F3N4O3. The first-order chi connectivity index (χ1) is 15.4. The number of aromatic nitrogens is 1. The number of nitrogens with two attached hydrogens (primary N) is 2. The number of amides is 2. The fourth-order valence-electron chi connectivity index (χ4n) is 3.63. The lowest BCUT2D eigenvalue weighted by Crippen LogP contribution is -2.28. The maximum absolute atomic E-state index is 13.4. The van der Waals surface area contributed by atoms with Gasteiger partial charge in [0.2, 0.25) is 5.91 Å². The molecule has 7 nitrogen and oxygen atoms in total. The maximum Gasteiger partial charge on any atom is 0.416 e. The van der Waals surface area contributed by atoms with E-state index in [0.717, 1.165) is 18.2 Å². The molecule has 2 aromatic carbocycles. The highest BCUT2D eigenvalue weighted by atomic mass is 19.4. The second kappa shape index (κ2) is 8.81. The molecule has 3 rings (SSSR count). The third-order valence-corrected chi connectivity index (χ3v) is 5.04. The molecule has 0 aliphatic rings. The van der Waals surface area contributed by atoms with Crippen molar-refractivity contribution in [3.63, 3.8) is 0 Å². The minimum Gasteiger partial charge on any atom is -0.399 e. The summed E-state index contributed by atoms with van der Waals surface area (Å²) in [6.45, 7) is 2.86. The Balaban J connectivity index is 2.29. The molecule has 10 heteroatoms. The second-order valence-corrected chi connectivity index (χ2v) is 7.51. The number of nitrogens with zero attached hydrogens (tertiary/aromatic N) is 1. The molecule has 0 saturated heterocycles. The lowest BCUT2D eigenvalue weighted by Gasteiger charge is -2.23. The molecule has 1 atom stereocenters. The first kappa shape index (κ1) is 23.6. The zero-order chi connectivity index (χ0) is 24.5. The Hall–Kier alpha value is -4.08. The molecule has 33 heavy (non-hydrogen) atoms. The van der Waals surface area contributed by atoms with Gasteiger partial charge < -0.3 is 16.8 Å². The topological polar surface area (TPSA) is 120 Å². The summed E-state index contributed by atoms with van der Waals surface area (Å²) in [6.07, 6.45) is -4.64. The zero-order valence-corrected chi connectivity index (χ0v) is 17.7. The van der Waals surface area contributed by atoms with E-state index in [1.54, 1.807) is 25.1 Å². The fourth-order valence-corrected chi connectivity index (χ4v) is 3.63. The summed E-state index contributed by atoms with van der Waals surface area (Å²) in [7, 11) is 0. The van der Waals surface area contributed by atoms with Crippen LogP contribution in [-0.4, -0.2) is 16.4 Å². The Morgan fingerprint density at radius 2 is 1.76 bits per heavy atom. The van der Waals surface area contributed by atoms with Crippen molar-refractivity contribution in [1.82, 2.24) is 4.57 Å². The number of anilines is 2. The van der Waals surface area contributed by atoms with Gasteiger partial charge in [0.1, 0.15) is 0 Å². The first-order valence-electron chi connectivity index (χ1n) is 9.80. The highest BCUT2D eigenvalue weighted by molar-refractivity contribution is 5.94. The normalized spacial score (nSPS) is 12.3. The van der Waals surface area contributed by atoms with E-state index in [-0.39, 0.29) is 34.1 Å². The molecule has 1 aromatic heterocycles. The molecule has 0 fully saturated rings. The van der Waals surface area contributed by atoms with Crippen molar-refractivity contribution < 1.29 is 22.8 Å². The van der Waals surface area contributed by atoms with E-state index in [1.807, 2.05) is 0 Å². The van der Waals surface area contributed by atoms with Crippen molar-refractivity contribution in [3.8, 4) is 5.69 Å². The average Bonchev–Trinajstić information content (AvgIpc) is 2.71. The molecule has 1 heterocycles. The molecule has 2 amide bonds. The molecule has 3 aromatic rings. The van der Waals surface area contributed by atoms with Crippen LogP contribution in [0.15, 0.2) is 59.4 Å². The van der Waals surface area contributed by atoms with Gasteiger partial charge >= 0.3 is 6.18 Å². The predicted molar refractivity (Wildman–Crippen MR) is 118 cm³/mol.